The van der Waals surface area contributed by atoms with E-state index in [9.17, 15) is 4.79 Å². The van der Waals surface area contributed by atoms with E-state index in [-0.39, 0.29) is 5.78 Å². The molecule has 3 nitrogen and oxygen atoms in total. The number of hydrogen-bond donors (Lipinski definition) is 0. The van der Waals surface area contributed by atoms with E-state index in [1.165, 1.54) is 0 Å². The minimum absolute atomic E-state index is 0.0447. The number of carbonyl (C=O) groups is 1. The highest BCUT2D eigenvalue weighted by Crippen LogP contribution is 2.28. The lowest BCUT2D eigenvalue weighted by molar-refractivity contribution is 0.103. The zero-order chi connectivity index (χ0) is 20.9. The zero-order valence-electron chi connectivity index (χ0n) is 15.7. The summed E-state index contributed by atoms with van der Waals surface area (Å²) in [5.41, 5.74) is 1.22. The van der Waals surface area contributed by atoms with Crippen molar-refractivity contribution < 1.29 is 14.3 Å². The number of hydrogen-bond acceptors (Lipinski definition) is 3. The first-order chi connectivity index (χ1) is 14.6. The van der Waals surface area contributed by atoms with Gasteiger partial charge in [0.15, 0.2) is 5.78 Å². The summed E-state index contributed by atoms with van der Waals surface area (Å²) in [5.74, 6) is 2.92. The van der Waals surface area contributed by atoms with E-state index in [4.69, 9.17) is 9.47 Å². The molecule has 0 bridgehead atoms. The van der Waals surface area contributed by atoms with Gasteiger partial charge < -0.3 is 9.47 Å². The van der Waals surface area contributed by atoms with Crippen molar-refractivity contribution in [2.24, 2.45) is 0 Å². The zero-order valence-corrected chi connectivity index (χ0v) is 20.0. The Kier molecular flexibility index (Phi) is 6.69. The van der Waals surface area contributed by atoms with E-state index < -0.39 is 0 Å². The van der Waals surface area contributed by atoms with Gasteiger partial charge in [0.25, 0.3) is 0 Å². The molecule has 0 fully saturated rings. The number of ether oxygens (including phenoxy) is 2. The lowest BCUT2D eigenvalue weighted by atomic mass is 10.0. The Morgan fingerprint density at radius 1 is 0.533 bits per heavy atom. The van der Waals surface area contributed by atoms with Gasteiger partial charge in [-0.25, -0.2) is 0 Å². The molecular weight excluding hydrogens is 602 g/mol. The van der Waals surface area contributed by atoms with E-state index in [2.05, 4.69) is 45.2 Å². The van der Waals surface area contributed by atoms with Crippen LogP contribution in [-0.4, -0.2) is 5.78 Å². The molecule has 0 spiro atoms. The molecule has 0 aliphatic rings. The summed E-state index contributed by atoms with van der Waals surface area (Å²) in [6, 6.07) is 30.0. The third kappa shape index (κ3) is 5.02. The van der Waals surface area contributed by atoms with E-state index in [1.54, 1.807) is 24.3 Å². The Hall–Kier alpha value is -2.39. The maximum Gasteiger partial charge on any atom is 0.193 e. The first-order valence-corrected chi connectivity index (χ1v) is 11.4. The number of halogens is 2. The van der Waals surface area contributed by atoms with Gasteiger partial charge in [-0.15, -0.1) is 0 Å². The van der Waals surface area contributed by atoms with Gasteiger partial charge in [0.2, 0.25) is 0 Å². The second-order valence-electron chi connectivity index (χ2n) is 6.44. The van der Waals surface area contributed by atoms with Crippen molar-refractivity contribution in [1.29, 1.82) is 0 Å². The highest BCUT2D eigenvalue weighted by atomic mass is 127. The van der Waals surface area contributed by atoms with Crippen LogP contribution in [0.15, 0.2) is 97.1 Å². The van der Waals surface area contributed by atoms with Gasteiger partial charge in [0, 0.05) is 11.1 Å². The molecule has 30 heavy (non-hydrogen) atoms. The molecule has 0 heterocycles. The van der Waals surface area contributed by atoms with E-state index in [0.29, 0.717) is 22.6 Å². The summed E-state index contributed by atoms with van der Waals surface area (Å²) >= 11 is 4.47. The summed E-state index contributed by atoms with van der Waals surface area (Å²) in [6.07, 6.45) is 0. The average molecular weight is 618 g/mol. The smallest absolute Gasteiger partial charge is 0.193 e. The second kappa shape index (κ2) is 9.61. The Bertz CT molecular complexity index is 1080. The molecule has 0 atom stereocenters. The van der Waals surface area contributed by atoms with Crippen LogP contribution in [0.1, 0.15) is 15.9 Å². The van der Waals surface area contributed by atoms with Gasteiger partial charge in [-0.3, -0.25) is 4.79 Å². The van der Waals surface area contributed by atoms with Crippen LogP contribution in [0.3, 0.4) is 0 Å². The van der Waals surface area contributed by atoms with E-state index >= 15 is 0 Å². The first-order valence-electron chi connectivity index (χ1n) is 9.20. The molecule has 0 saturated heterocycles. The fourth-order valence-corrected chi connectivity index (χ4v) is 3.82. The number of para-hydroxylation sites is 2. The van der Waals surface area contributed by atoms with Crippen molar-refractivity contribution in [2.45, 2.75) is 0 Å². The molecule has 4 aromatic carbocycles. The Balaban J connectivity index is 1.45. The third-order valence-electron chi connectivity index (χ3n) is 4.36. The topological polar surface area (TPSA) is 35.5 Å². The Morgan fingerprint density at radius 2 is 0.900 bits per heavy atom. The van der Waals surface area contributed by atoms with Gasteiger partial charge in [0.05, 0.1) is 7.14 Å². The highest BCUT2D eigenvalue weighted by Gasteiger charge is 2.11. The number of carbonyl (C=O) groups excluding carboxylic acids is 1. The average Bonchev–Trinajstić information content (AvgIpc) is 2.77. The SMILES string of the molecule is O=C(c1ccc(Oc2ccccc2I)cc1)c1ccc(Oc2ccccc2I)cc1. The molecule has 4 aromatic rings. The molecule has 0 saturated carbocycles. The van der Waals surface area contributed by atoms with Gasteiger partial charge >= 0.3 is 0 Å². The molecule has 0 radical (unpaired) electrons. The molecule has 0 aliphatic heterocycles. The molecule has 0 unspecified atom stereocenters. The van der Waals surface area contributed by atoms with Crippen molar-refractivity contribution in [3.05, 3.63) is 115 Å². The normalized spacial score (nSPS) is 10.5. The lowest BCUT2D eigenvalue weighted by Crippen LogP contribution is -2.01. The van der Waals surface area contributed by atoms with Gasteiger partial charge in [0.1, 0.15) is 23.0 Å². The Morgan fingerprint density at radius 3 is 1.27 bits per heavy atom. The van der Waals surface area contributed by atoms with Crippen molar-refractivity contribution in [1.82, 2.24) is 0 Å². The number of rotatable bonds is 6. The standard InChI is InChI=1S/C25H16I2O3/c26-21-5-1-3-7-23(21)29-19-13-9-17(10-14-19)25(28)18-11-15-20(16-12-18)30-24-8-4-2-6-22(24)27/h1-16H. The van der Waals surface area contributed by atoms with Crippen LogP contribution in [0.4, 0.5) is 0 Å². The molecule has 0 amide bonds. The van der Waals surface area contributed by atoms with E-state index in [1.807, 2.05) is 72.8 Å². The van der Waals surface area contributed by atoms with Gasteiger partial charge in [-0.05, 0) is 118 Å². The molecular formula is C25H16I2O3. The molecule has 0 aromatic heterocycles. The fourth-order valence-electron chi connectivity index (χ4n) is 2.82. The van der Waals surface area contributed by atoms with Crippen LogP contribution in [0.2, 0.25) is 0 Å². The molecule has 5 heteroatoms. The van der Waals surface area contributed by atoms with Gasteiger partial charge in [-0.1, -0.05) is 24.3 Å². The lowest BCUT2D eigenvalue weighted by Gasteiger charge is -2.09. The highest BCUT2D eigenvalue weighted by molar-refractivity contribution is 14.1. The van der Waals surface area contributed by atoms with Crippen LogP contribution in [0, 0.1) is 7.14 Å². The monoisotopic (exact) mass is 618 g/mol. The molecule has 0 N–H and O–H groups in total. The van der Waals surface area contributed by atoms with Crippen molar-refractivity contribution >= 4 is 51.0 Å². The summed E-state index contributed by atoms with van der Waals surface area (Å²) in [5, 5.41) is 0. The predicted molar refractivity (Wildman–Crippen MR) is 135 cm³/mol. The van der Waals surface area contributed by atoms with Crippen LogP contribution in [0.25, 0.3) is 0 Å². The van der Waals surface area contributed by atoms with Crippen LogP contribution in [-0.2, 0) is 0 Å². The number of ketones is 1. The summed E-state index contributed by atoms with van der Waals surface area (Å²) < 4.78 is 13.9. The first kappa shape index (κ1) is 20.9. The van der Waals surface area contributed by atoms with Crippen molar-refractivity contribution in [3.8, 4) is 23.0 Å². The third-order valence-corrected chi connectivity index (χ3v) is 6.14. The van der Waals surface area contributed by atoms with Gasteiger partial charge in [-0.2, -0.15) is 0 Å². The fraction of sp³-hybridized carbons (Fsp3) is 0. The van der Waals surface area contributed by atoms with Crippen LogP contribution < -0.4 is 9.47 Å². The molecule has 0 aliphatic carbocycles. The summed E-state index contributed by atoms with van der Waals surface area (Å²) in [7, 11) is 0. The minimum atomic E-state index is -0.0447. The van der Waals surface area contributed by atoms with Crippen LogP contribution in [0.5, 0.6) is 23.0 Å². The van der Waals surface area contributed by atoms with Crippen LogP contribution >= 0.6 is 45.2 Å². The van der Waals surface area contributed by atoms with E-state index in [0.717, 1.165) is 18.6 Å². The second-order valence-corrected chi connectivity index (χ2v) is 8.77. The number of benzene rings is 4. The summed E-state index contributed by atoms with van der Waals surface area (Å²) in [4.78, 5) is 12.8. The predicted octanol–water partition coefficient (Wildman–Crippen LogP) is 7.71. The quantitative estimate of drug-likeness (QED) is 0.164. The van der Waals surface area contributed by atoms with Crippen molar-refractivity contribution in [3.63, 3.8) is 0 Å². The molecule has 148 valence electrons. The van der Waals surface area contributed by atoms with Crippen molar-refractivity contribution in [2.75, 3.05) is 0 Å². The maximum atomic E-state index is 12.8. The largest absolute Gasteiger partial charge is 0.456 e. The Labute approximate surface area is 202 Å². The summed E-state index contributed by atoms with van der Waals surface area (Å²) in [6.45, 7) is 0. The molecule has 4 rings (SSSR count). The maximum absolute atomic E-state index is 12.8. The minimum Gasteiger partial charge on any atom is -0.456 e.